The van der Waals surface area contributed by atoms with Gasteiger partial charge >= 0.3 is 0 Å². The average Bonchev–Trinajstić information content (AvgIpc) is 3.75. The summed E-state index contributed by atoms with van der Waals surface area (Å²) in [6, 6.07) is 33.2. The van der Waals surface area contributed by atoms with Crippen molar-refractivity contribution in [3.05, 3.63) is 143 Å². The molecule has 4 aromatic carbocycles. The number of aryl methyl sites for hydroxylation is 1. The third-order valence-corrected chi connectivity index (χ3v) is 10.3. The van der Waals surface area contributed by atoms with Crippen LogP contribution in [-0.4, -0.2) is 19.5 Å². The third kappa shape index (κ3) is 8.10. The van der Waals surface area contributed by atoms with Crippen molar-refractivity contribution in [2.45, 2.75) is 98.8 Å². The van der Waals surface area contributed by atoms with Gasteiger partial charge in [0.15, 0.2) is 5.65 Å². The van der Waals surface area contributed by atoms with Crippen LogP contribution in [0.2, 0.25) is 0 Å². The molecule has 0 aliphatic carbocycles. The molecule has 0 amide bonds. The molecule has 0 N–H and O–H groups in total. The smallest absolute Gasteiger partial charge is 0.168 e. The number of rotatable bonds is 5. The number of nitrogens with zero attached hydrogens (tertiary/aromatic N) is 4. The Morgan fingerprint density at radius 1 is 0.789 bits per heavy atom. The molecular weight excluding hydrogens is 884 g/mol. The largest absolute Gasteiger partial charge is 0.501 e. The number of benzene rings is 4. The maximum absolute atomic E-state index is 14.1. The standard InChI is InChI=1S/C34H34N3O.C16H17FN.Ir/c1-20(2)22-13-10-14-23(21(3)4)29(22)37-30-27(34(5,6)7)18-19-35-32(30)36-33(37)26-16-11-15-25-24-12-8-9-17-28(24)38-31(25)26;1-11-5-7-13(14(17)9-11)15-8-6-12(10-18-15)16(2,3)4;/h8-15,17-21H,1-7H3;5-6,8-10H,1-4H3;/q2*-1;/i;1D3;. The number of hydrogen-bond donors (Lipinski definition) is 0. The number of hydrogen-bond acceptors (Lipinski definition) is 4. The second-order valence-electron chi connectivity index (χ2n) is 17.1. The van der Waals surface area contributed by atoms with E-state index < -0.39 is 12.7 Å². The van der Waals surface area contributed by atoms with E-state index in [0.717, 1.165) is 56.1 Å². The summed E-state index contributed by atoms with van der Waals surface area (Å²) in [4.78, 5) is 14.3. The molecular formula is C50H51FIrN4O-2. The summed E-state index contributed by atoms with van der Waals surface area (Å²) < 4.78 is 44.7. The molecule has 0 aliphatic heterocycles. The van der Waals surface area contributed by atoms with Gasteiger partial charge in [0.25, 0.3) is 0 Å². The Bertz CT molecular complexity index is 2780. The summed E-state index contributed by atoms with van der Waals surface area (Å²) in [5.74, 6) is 0.841. The zero-order chi connectivity index (χ0) is 42.6. The number of imidazole rings is 1. The van der Waals surface area contributed by atoms with E-state index in [0.29, 0.717) is 17.5 Å². The van der Waals surface area contributed by atoms with Gasteiger partial charge in [0.05, 0.1) is 16.9 Å². The Kier molecular flexibility index (Phi) is 10.6. The first-order valence-electron chi connectivity index (χ1n) is 20.8. The summed E-state index contributed by atoms with van der Waals surface area (Å²) in [5.41, 5.74) is 10.8. The van der Waals surface area contributed by atoms with Gasteiger partial charge in [0.1, 0.15) is 5.58 Å². The molecule has 0 saturated carbocycles. The Morgan fingerprint density at radius 2 is 1.51 bits per heavy atom. The van der Waals surface area contributed by atoms with Crippen LogP contribution >= 0.6 is 0 Å². The predicted molar refractivity (Wildman–Crippen MR) is 229 cm³/mol. The average molecular weight is 938 g/mol. The van der Waals surface area contributed by atoms with Crippen LogP contribution < -0.4 is 0 Å². The molecule has 0 saturated heterocycles. The number of fused-ring (bicyclic) bond motifs is 4. The SMILES string of the molecule is CC(C)c1cccc(C(C)C)c1-n1c(-c2[c-]ccc3c2oc2ccccc23)nc2nccc(C(C)(C)C)c21.[2H]C([2H])([2H])c1c[c-]c(-c2ccc(C(C)(C)C)cn2)c(F)c1.[Ir]. The van der Waals surface area contributed by atoms with Crippen LogP contribution in [0.15, 0.2) is 102 Å². The summed E-state index contributed by atoms with van der Waals surface area (Å²) >= 11 is 0. The summed E-state index contributed by atoms with van der Waals surface area (Å²) in [5, 5.41) is 2.16. The van der Waals surface area contributed by atoms with Crippen LogP contribution in [-0.2, 0) is 30.9 Å². The molecule has 0 unspecified atom stereocenters. The zero-order valence-corrected chi connectivity index (χ0v) is 36.7. The van der Waals surface area contributed by atoms with E-state index in [1.807, 2.05) is 30.5 Å². The fourth-order valence-electron chi connectivity index (χ4n) is 7.27. The van der Waals surface area contributed by atoms with E-state index >= 15 is 0 Å². The van der Waals surface area contributed by atoms with Gasteiger partial charge in [0, 0.05) is 53.5 Å². The van der Waals surface area contributed by atoms with Gasteiger partial charge in [-0.2, -0.15) is 0 Å². The molecule has 1 radical (unpaired) electrons. The van der Waals surface area contributed by atoms with E-state index in [4.69, 9.17) is 18.5 Å². The topological polar surface area (TPSA) is 56.7 Å². The van der Waals surface area contributed by atoms with Crippen LogP contribution in [0.5, 0.6) is 0 Å². The van der Waals surface area contributed by atoms with Crippen molar-refractivity contribution in [3.8, 4) is 28.3 Å². The van der Waals surface area contributed by atoms with E-state index in [-0.39, 0.29) is 42.1 Å². The minimum absolute atomic E-state index is 0. The first kappa shape index (κ1) is 37.6. The second kappa shape index (κ2) is 16.1. The number of furan rings is 1. The Hall–Kier alpha value is -4.97. The van der Waals surface area contributed by atoms with Crippen LogP contribution in [0.3, 0.4) is 0 Å². The van der Waals surface area contributed by atoms with Gasteiger partial charge in [-0.15, -0.1) is 42.0 Å². The van der Waals surface area contributed by atoms with Crippen LogP contribution in [0.1, 0.15) is 113 Å². The Labute approximate surface area is 354 Å². The van der Waals surface area contributed by atoms with Gasteiger partial charge in [-0.05, 0) is 62.7 Å². The molecule has 0 fully saturated rings. The normalized spacial score (nSPS) is 13.0. The van der Waals surface area contributed by atoms with Crippen LogP contribution in [0, 0.1) is 24.8 Å². The molecule has 295 valence electrons. The summed E-state index contributed by atoms with van der Waals surface area (Å²) in [6.07, 6.45) is 3.59. The van der Waals surface area contributed by atoms with E-state index in [9.17, 15) is 4.39 Å². The second-order valence-corrected chi connectivity index (χ2v) is 17.1. The van der Waals surface area contributed by atoms with Crippen molar-refractivity contribution in [1.82, 2.24) is 19.5 Å². The first-order valence-corrected chi connectivity index (χ1v) is 19.3. The van der Waals surface area contributed by atoms with Gasteiger partial charge in [0.2, 0.25) is 0 Å². The molecule has 0 spiro atoms. The molecule has 8 rings (SSSR count). The molecule has 0 atom stereocenters. The van der Waals surface area contributed by atoms with Crippen molar-refractivity contribution in [3.63, 3.8) is 0 Å². The molecule has 8 aromatic rings. The third-order valence-electron chi connectivity index (χ3n) is 10.3. The van der Waals surface area contributed by atoms with E-state index in [1.54, 1.807) is 12.3 Å². The molecule has 4 heterocycles. The predicted octanol–water partition coefficient (Wildman–Crippen LogP) is 13.6. The maximum Gasteiger partial charge on any atom is 0.168 e. The molecule has 7 heteroatoms. The molecule has 0 aliphatic rings. The monoisotopic (exact) mass is 938 g/mol. The van der Waals surface area contributed by atoms with Crippen molar-refractivity contribution in [2.24, 2.45) is 0 Å². The van der Waals surface area contributed by atoms with Gasteiger partial charge in [-0.1, -0.05) is 141 Å². The van der Waals surface area contributed by atoms with Crippen molar-refractivity contribution < 1.29 is 33.0 Å². The summed E-state index contributed by atoms with van der Waals surface area (Å²) in [6.45, 7) is 19.7. The molecule has 57 heavy (non-hydrogen) atoms. The van der Waals surface area contributed by atoms with Crippen molar-refractivity contribution >= 4 is 33.1 Å². The van der Waals surface area contributed by atoms with E-state index in [2.05, 4.69) is 133 Å². The Morgan fingerprint density at radius 3 is 2.12 bits per heavy atom. The fourth-order valence-corrected chi connectivity index (χ4v) is 7.27. The first-order chi connectivity index (χ1) is 27.8. The fraction of sp³-hybridized carbons (Fsp3) is 0.300. The van der Waals surface area contributed by atoms with Crippen molar-refractivity contribution in [2.75, 3.05) is 0 Å². The zero-order valence-electron chi connectivity index (χ0n) is 37.3. The van der Waals surface area contributed by atoms with Gasteiger partial charge in [-0.25, -0.2) is 4.98 Å². The molecule has 5 nitrogen and oxygen atoms in total. The Balaban J connectivity index is 0.000000234. The molecule has 0 bridgehead atoms. The van der Waals surface area contributed by atoms with E-state index in [1.165, 1.54) is 28.4 Å². The number of halogens is 1. The number of aromatic nitrogens is 4. The van der Waals surface area contributed by atoms with Crippen LogP contribution in [0.4, 0.5) is 4.39 Å². The van der Waals surface area contributed by atoms with Crippen LogP contribution in [0.25, 0.3) is 61.4 Å². The van der Waals surface area contributed by atoms with Gasteiger partial charge < -0.3 is 14.0 Å². The molecule has 4 aromatic heterocycles. The summed E-state index contributed by atoms with van der Waals surface area (Å²) in [7, 11) is 0. The van der Waals surface area contributed by atoms with Gasteiger partial charge in [-0.3, -0.25) is 9.37 Å². The number of para-hydroxylation sites is 2. The minimum Gasteiger partial charge on any atom is -0.501 e. The number of pyridine rings is 2. The maximum atomic E-state index is 14.1. The van der Waals surface area contributed by atoms with Crippen molar-refractivity contribution in [1.29, 1.82) is 0 Å². The minimum atomic E-state index is -2.33. The quantitative estimate of drug-likeness (QED) is 0.161.